The first kappa shape index (κ1) is 19.6. The van der Waals surface area contributed by atoms with Gasteiger partial charge in [-0.25, -0.2) is 13.1 Å². The van der Waals surface area contributed by atoms with Crippen LogP contribution < -0.4 is 4.72 Å². The summed E-state index contributed by atoms with van der Waals surface area (Å²) >= 11 is 0. The first-order chi connectivity index (χ1) is 9.77. The maximum Gasteiger partial charge on any atom is 0.325 e. The molecular weight excluding hydrogens is 296 g/mol. The van der Waals surface area contributed by atoms with Crippen molar-refractivity contribution in [1.29, 1.82) is 0 Å². The molecule has 1 unspecified atom stereocenters. The van der Waals surface area contributed by atoms with Crippen molar-refractivity contribution in [3.63, 3.8) is 0 Å². The average Bonchev–Trinajstić information content (AvgIpc) is 2.36. The van der Waals surface area contributed by atoms with Gasteiger partial charge in [-0.2, -0.15) is 0 Å². The monoisotopic (exact) mass is 320 g/mol. The van der Waals surface area contributed by atoms with Crippen LogP contribution in [0, 0.1) is 0 Å². The Bertz CT molecular complexity index is 461. The highest BCUT2D eigenvalue weighted by atomic mass is 32.2. The summed E-state index contributed by atoms with van der Waals surface area (Å²) in [7, 11) is -3.50. The number of carbonyl (C=O) groups is 2. The predicted molar refractivity (Wildman–Crippen MR) is 80.1 cm³/mol. The molecule has 0 aromatic carbocycles. The second-order valence-corrected chi connectivity index (χ2v) is 6.34. The largest absolute Gasteiger partial charge is 0.465 e. The molecule has 7 nitrogen and oxygen atoms in total. The molecule has 0 spiro atoms. The van der Waals surface area contributed by atoms with E-state index in [1.807, 2.05) is 0 Å². The van der Waals surface area contributed by atoms with Gasteiger partial charge in [-0.05, 0) is 20.3 Å². The van der Waals surface area contributed by atoms with Gasteiger partial charge in [-0.3, -0.25) is 9.59 Å². The van der Waals surface area contributed by atoms with Crippen molar-refractivity contribution in [3.8, 4) is 0 Å². The molecule has 1 atom stereocenters. The van der Waals surface area contributed by atoms with Gasteiger partial charge in [0.1, 0.15) is 6.54 Å². The molecule has 0 aromatic heterocycles. The van der Waals surface area contributed by atoms with E-state index in [0.717, 1.165) is 0 Å². The Morgan fingerprint density at radius 2 is 2.00 bits per heavy atom. The fourth-order valence-electron chi connectivity index (χ4n) is 1.67. The molecule has 0 aliphatic heterocycles. The van der Waals surface area contributed by atoms with Gasteiger partial charge >= 0.3 is 5.97 Å². The first-order valence-corrected chi connectivity index (χ1v) is 8.47. The molecule has 0 saturated heterocycles. The Labute approximate surface area is 126 Å². The van der Waals surface area contributed by atoms with Gasteiger partial charge in [0.25, 0.3) is 0 Å². The normalized spacial score (nSPS) is 12.5. The highest BCUT2D eigenvalue weighted by Crippen LogP contribution is 2.00. The van der Waals surface area contributed by atoms with Crippen LogP contribution in [-0.2, 0) is 24.3 Å². The van der Waals surface area contributed by atoms with Crippen LogP contribution in [0.5, 0.6) is 0 Å². The van der Waals surface area contributed by atoms with Gasteiger partial charge < -0.3 is 9.64 Å². The van der Waals surface area contributed by atoms with Crippen LogP contribution in [0.1, 0.15) is 27.2 Å². The standard InChI is InChI=1S/C13H24N2O5S/c1-5-8-15(10-12(16)20-7-3)13(17)11(4)14-21(18,19)9-6-2/h5,11,14H,1,6-10H2,2-4H3. The van der Waals surface area contributed by atoms with Crippen LogP contribution in [0.2, 0.25) is 0 Å². The van der Waals surface area contributed by atoms with E-state index in [0.29, 0.717) is 6.42 Å². The number of amides is 1. The van der Waals surface area contributed by atoms with Gasteiger partial charge in [-0.15, -0.1) is 6.58 Å². The van der Waals surface area contributed by atoms with E-state index in [1.165, 1.54) is 17.9 Å². The minimum Gasteiger partial charge on any atom is -0.465 e. The number of hydrogen-bond donors (Lipinski definition) is 1. The molecule has 0 fully saturated rings. The van der Waals surface area contributed by atoms with Crippen molar-refractivity contribution in [2.24, 2.45) is 0 Å². The van der Waals surface area contributed by atoms with Gasteiger partial charge in [0.15, 0.2) is 0 Å². The average molecular weight is 320 g/mol. The summed E-state index contributed by atoms with van der Waals surface area (Å²) in [6.07, 6.45) is 1.92. The third-order valence-corrected chi connectivity index (χ3v) is 4.14. The SMILES string of the molecule is C=CCN(CC(=O)OCC)C(=O)C(C)NS(=O)(=O)CCC. The Hall–Kier alpha value is -1.41. The molecule has 0 aliphatic carbocycles. The first-order valence-electron chi connectivity index (χ1n) is 6.82. The van der Waals surface area contributed by atoms with Crippen molar-refractivity contribution in [1.82, 2.24) is 9.62 Å². The second kappa shape index (κ2) is 9.51. The molecule has 8 heteroatoms. The lowest BCUT2D eigenvalue weighted by Crippen LogP contribution is -2.49. The summed E-state index contributed by atoms with van der Waals surface area (Å²) in [6.45, 7) is 8.47. The van der Waals surface area contributed by atoms with Gasteiger partial charge in [0, 0.05) is 6.54 Å². The Kier molecular flexibility index (Phi) is 8.87. The fraction of sp³-hybridized carbons (Fsp3) is 0.692. The molecule has 1 amide bonds. The lowest BCUT2D eigenvalue weighted by atomic mass is 10.3. The summed E-state index contributed by atoms with van der Waals surface area (Å²) in [4.78, 5) is 24.9. The summed E-state index contributed by atoms with van der Waals surface area (Å²) in [6, 6.07) is -0.948. The maximum atomic E-state index is 12.2. The highest BCUT2D eigenvalue weighted by Gasteiger charge is 2.25. The van der Waals surface area contributed by atoms with E-state index in [-0.39, 0.29) is 25.4 Å². The number of nitrogens with zero attached hydrogens (tertiary/aromatic N) is 1. The number of rotatable bonds is 10. The lowest BCUT2D eigenvalue weighted by molar-refractivity contribution is -0.148. The smallest absolute Gasteiger partial charge is 0.325 e. The number of sulfonamides is 1. The number of nitrogens with one attached hydrogen (secondary N) is 1. The van der Waals surface area contributed by atoms with Crippen LogP contribution in [0.25, 0.3) is 0 Å². The van der Waals surface area contributed by atoms with E-state index in [2.05, 4.69) is 11.3 Å². The van der Waals surface area contributed by atoms with E-state index < -0.39 is 27.9 Å². The van der Waals surface area contributed by atoms with Crippen molar-refractivity contribution >= 4 is 21.9 Å². The molecule has 0 aliphatic rings. The molecule has 0 radical (unpaired) electrons. The molecule has 1 N–H and O–H groups in total. The molecule has 0 bridgehead atoms. The minimum absolute atomic E-state index is 0.0516. The Morgan fingerprint density at radius 1 is 1.38 bits per heavy atom. The molecular formula is C13H24N2O5S. The Balaban J connectivity index is 4.79. The number of carbonyl (C=O) groups excluding carboxylic acids is 2. The van der Waals surface area contributed by atoms with E-state index in [4.69, 9.17) is 4.74 Å². The van der Waals surface area contributed by atoms with Crippen molar-refractivity contribution < 1.29 is 22.7 Å². The van der Waals surface area contributed by atoms with Gasteiger partial charge in [-0.1, -0.05) is 13.0 Å². The van der Waals surface area contributed by atoms with E-state index in [9.17, 15) is 18.0 Å². The van der Waals surface area contributed by atoms with Crippen molar-refractivity contribution in [2.45, 2.75) is 33.2 Å². The quantitative estimate of drug-likeness (QED) is 0.461. The molecule has 0 aromatic rings. The summed E-state index contributed by atoms with van der Waals surface area (Å²) < 4.78 is 30.4. The lowest BCUT2D eigenvalue weighted by Gasteiger charge is -2.24. The van der Waals surface area contributed by atoms with Crippen LogP contribution in [0.3, 0.4) is 0 Å². The summed E-state index contributed by atoms with van der Waals surface area (Å²) in [5.41, 5.74) is 0. The maximum absolute atomic E-state index is 12.2. The zero-order chi connectivity index (χ0) is 16.5. The van der Waals surface area contributed by atoms with Crippen LogP contribution in [0.15, 0.2) is 12.7 Å². The molecule has 21 heavy (non-hydrogen) atoms. The predicted octanol–water partition coefficient (Wildman–Crippen LogP) is 0.282. The second-order valence-electron chi connectivity index (χ2n) is 4.47. The minimum atomic E-state index is -3.50. The number of esters is 1. The highest BCUT2D eigenvalue weighted by molar-refractivity contribution is 7.89. The third-order valence-electron chi connectivity index (χ3n) is 2.49. The molecule has 0 saturated carbocycles. The summed E-state index contributed by atoms with van der Waals surface area (Å²) in [5.74, 6) is -1.09. The van der Waals surface area contributed by atoms with Gasteiger partial charge in [0.2, 0.25) is 15.9 Å². The molecule has 0 heterocycles. The van der Waals surface area contributed by atoms with Crippen LogP contribution >= 0.6 is 0 Å². The third kappa shape index (κ3) is 7.81. The molecule has 0 rings (SSSR count). The summed E-state index contributed by atoms with van der Waals surface area (Å²) in [5, 5.41) is 0. The van der Waals surface area contributed by atoms with Crippen LogP contribution in [0.4, 0.5) is 0 Å². The Morgan fingerprint density at radius 3 is 2.48 bits per heavy atom. The fourth-order valence-corrected chi connectivity index (χ4v) is 2.97. The zero-order valence-corrected chi connectivity index (χ0v) is 13.6. The van der Waals surface area contributed by atoms with Crippen LogP contribution in [-0.4, -0.2) is 56.7 Å². The number of hydrogen-bond acceptors (Lipinski definition) is 5. The van der Waals surface area contributed by atoms with Crippen molar-refractivity contribution in [3.05, 3.63) is 12.7 Å². The van der Waals surface area contributed by atoms with Gasteiger partial charge in [0.05, 0.1) is 18.4 Å². The van der Waals surface area contributed by atoms with E-state index in [1.54, 1.807) is 13.8 Å². The van der Waals surface area contributed by atoms with E-state index >= 15 is 0 Å². The van der Waals surface area contributed by atoms with Crippen molar-refractivity contribution in [2.75, 3.05) is 25.4 Å². The number of ether oxygens (including phenoxy) is 1. The zero-order valence-electron chi connectivity index (χ0n) is 12.8. The topological polar surface area (TPSA) is 92.8 Å². The molecule has 122 valence electrons.